The molecule has 0 atom stereocenters. The van der Waals surface area contributed by atoms with Gasteiger partial charge in [0.2, 0.25) is 31.5 Å². The monoisotopic (exact) mass is 408 g/mol. The topological polar surface area (TPSA) is 91.3 Å². The van der Waals surface area contributed by atoms with Crippen LogP contribution in [0, 0.1) is 10.5 Å². The summed E-state index contributed by atoms with van der Waals surface area (Å²) in [6.45, 7) is 1.66. The van der Waals surface area contributed by atoms with Gasteiger partial charge in [-0.3, -0.25) is 7.73 Å². The molecule has 0 saturated heterocycles. The van der Waals surface area contributed by atoms with Gasteiger partial charge in [0, 0.05) is 0 Å². The van der Waals surface area contributed by atoms with Gasteiger partial charge in [-0.05, 0) is 19.1 Å². The summed E-state index contributed by atoms with van der Waals surface area (Å²) in [5.74, 6) is -0.835. The summed E-state index contributed by atoms with van der Waals surface area (Å²) in [4.78, 5) is 11.1. The van der Waals surface area contributed by atoms with Crippen LogP contribution in [-0.4, -0.2) is 19.8 Å². The predicted molar refractivity (Wildman–Crippen MR) is 56.7 cm³/mol. The largest absolute Gasteiger partial charge is 0.482 e. The van der Waals surface area contributed by atoms with Crippen LogP contribution in [0.3, 0.4) is 0 Å². The van der Waals surface area contributed by atoms with Crippen molar-refractivity contribution in [3.05, 3.63) is 35.8 Å². The molecule has 1 aromatic carbocycles. The molecule has 0 fully saturated rings. The van der Waals surface area contributed by atoms with Crippen molar-refractivity contribution in [3.8, 4) is 0 Å². The van der Waals surface area contributed by atoms with E-state index in [2.05, 4.69) is 2.94 Å². The number of benzene rings is 1. The van der Waals surface area contributed by atoms with Crippen LogP contribution in [0.1, 0.15) is 15.9 Å². The minimum absolute atomic E-state index is 0.00563. The molecule has 0 aliphatic heterocycles. The second kappa shape index (κ2) is 5.63. The van der Waals surface area contributed by atoms with E-state index in [4.69, 9.17) is 5.73 Å². The molecule has 5 nitrogen and oxygen atoms in total. The number of carbonyl (C=O) groups excluding carboxylic acids is 1. The lowest BCUT2D eigenvalue weighted by atomic mass is 10.1. The van der Waals surface area contributed by atoms with Gasteiger partial charge in [0.25, 0.3) is 5.91 Å². The average Bonchev–Trinajstić information content (AvgIpc) is 2.25. The van der Waals surface area contributed by atoms with E-state index >= 15 is 0 Å². The number of nitrogens with zero attached hydrogens (tertiary/aromatic N) is 1. The van der Waals surface area contributed by atoms with Gasteiger partial charge in [0.15, 0.2) is 3.57 Å². The van der Waals surface area contributed by atoms with Gasteiger partial charge in [-0.1, -0.05) is 11.6 Å². The van der Waals surface area contributed by atoms with Crippen LogP contribution in [0.4, 0.5) is 13.2 Å². The number of carbonyl (C=O) groups is 1. The van der Waals surface area contributed by atoms with E-state index in [9.17, 15) is 26.4 Å². The molecular formula is C9H8F3IN2O3S. The number of sulfonamides is 1. The van der Waals surface area contributed by atoms with Crippen molar-refractivity contribution in [2.75, 3.05) is 0 Å². The molecule has 0 spiro atoms. The lowest BCUT2D eigenvalue weighted by Gasteiger charge is -2.11. The maximum Gasteiger partial charge on any atom is 0.482 e. The number of hydrogen-bond acceptors (Lipinski definition) is 3. The van der Waals surface area contributed by atoms with Crippen molar-refractivity contribution in [1.82, 2.24) is 0 Å². The molecule has 0 aliphatic carbocycles. The normalized spacial score (nSPS) is 12.4. The molecule has 19 heavy (non-hydrogen) atoms. The molecular weight excluding hydrogens is 400 g/mol. The second-order valence-electron chi connectivity index (χ2n) is 3.42. The highest BCUT2D eigenvalue weighted by Crippen LogP contribution is 2.24. The molecule has 0 heterocycles. The van der Waals surface area contributed by atoms with E-state index in [1.54, 1.807) is 6.92 Å². The van der Waals surface area contributed by atoms with Crippen LogP contribution >= 0.6 is 0 Å². The zero-order chi connectivity index (χ0) is 14.8. The minimum atomic E-state index is -5.53. The summed E-state index contributed by atoms with van der Waals surface area (Å²) < 4.78 is 60.7. The van der Waals surface area contributed by atoms with Gasteiger partial charge in [-0.15, -0.1) is 0 Å². The molecule has 1 aromatic rings. The molecule has 0 aromatic heterocycles. The summed E-state index contributed by atoms with van der Waals surface area (Å²) in [6, 6.07) is 4.28. The number of rotatable bonds is 4. The third kappa shape index (κ3) is 4.04. The quantitative estimate of drug-likeness (QED) is 0.615. The Hall–Kier alpha value is -0.880. The Morgan fingerprint density at radius 1 is 1.37 bits per heavy atom. The molecule has 10 heteroatoms. The Morgan fingerprint density at radius 3 is 2.42 bits per heavy atom. The van der Waals surface area contributed by atoms with Crippen molar-refractivity contribution >= 4 is 15.9 Å². The van der Waals surface area contributed by atoms with Crippen LogP contribution in [0.2, 0.25) is 0 Å². The first-order valence-corrected chi connectivity index (χ1v) is 8.11. The molecule has 0 unspecified atom stereocenters. The van der Waals surface area contributed by atoms with Crippen LogP contribution in [-0.2, 0) is 10.0 Å². The summed E-state index contributed by atoms with van der Waals surface area (Å²) >= 11 is -1.88. The van der Waals surface area contributed by atoms with Crippen LogP contribution in [0.15, 0.2) is 18.2 Å². The van der Waals surface area contributed by atoms with Gasteiger partial charge >= 0.3 is 5.51 Å². The molecule has 1 amide bonds. The summed E-state index contributed by atoms with van der Waals surface area (Å²) in [5.41, 5.74) is 0.323. The van der Waals surface area contributed by atoms with E-state index in [1.807, 2.05) is 0 Å². The number of amides is 1. The summed E-state index contributed by atoms with van der Waals surface area (Å²) in [7, 11) is -5.53. The zero-order valence-corrected chi connectivity index (χ0v) is 12.4. The molecule has 0 saturated carbocycles. The number of primary amides is 1. The third-order valence-electron chi connectivity index (χ3n) is 1.90. The van der Waals surface area contributed by atoms with E-state index in [0.717, 1.165) is 0 Å². The fourth-order valence-corrected chi connectivity index (χ4v) is 4.37. The van der Waals surface area contributed by atoms with Crippen molar-refractivity contribution < 1.29 is 47.9 Å². The Labute approximate surface area is 118 Å². The lowest BCUT2D eigenvalue weighted by molar-refractivity contribution is -0.567. The van der Waals surface area contributed by atoms with Crippen molar-refractivity contribution in [3.63, 3.8) is 0 Å². The smallest absolute Gasteiger partial charge is 0.365 e. The number of nitrogens with two attached hydrogens (primary N) is 1. The molecule has 0 bridgehead atoms. The highest BCUT2D eigenvalue weighted by Gasteiger charge is 2.41. The Bertz CT molecular complexity index is 601. The molecule has 0 aliphatic rings. The highest BCUT2D eigenvalue weighted by molar-refractivity contribution is 7.94. The fourth-order valence-electron chi connectivity index (χ4n) is 1.02. The zero-order valence-electron chi connectivity index (χ0n) is 9.40. The highest BCUT2D eigenvalue weighted by atomic mass is 127. The molecule has 2 N–H and O–H groups in total. The molecule has 106 valence electrons. The van der Waals surface area contributed by atoms with E-state index in [1.165, 1.54) is 18.2 Å². The average molecular weight is 408 g/mol. The SMILES string of the molecule is Cc1ccc([I+][N-]S(=O)(=O)C(F)(F)F)c(C(N)=O)c1. The van der Waals surface area contributed by atoms with Crippen LogP contribution in [0.25, 0.3) is 2.94 Å². The Balaban J connectivity index is 3.00. The van der Waals surface area contributed by atoms with Gasteiger partial charge in [0.1, 0.15) is 0 Å². The van der Waals surface area contributed by atoms with Gasteiger partial charge in [-0.25, -0.2) is 8.42 Å². The first kappa shape index (κ1) is 16.2. The van der Waals surface area contributed by atoms with Crippen molar-refractivity contribution in [2.45, 2.75) is 12.4 Å². The van der Waals surface area contributed by atoms with Crippen molar-refractivity contribution in [1.29, 1.82) is 0 Å². The van der Waals surface area contributed by atoms with E-state index < -0.39 is 42.9 Å². The predicted octanol–water partition coefficient (Wildman–Crippen LogP) is -1.51. The number of hydrogen-bond donors (Lipinski definition) is 1. The molecule has 1 rings (SSSR count). The van der Waals surface area contributed by atoms with Gasteiger partial charge in [0.05, 0.1) is 5.56 Å². The summed E-state index contributed by atoms with van der Waals surface area (Å²) in [6.07, 6.45) is 0. The van der Waals surface area contributed by atoms with Crippen LogP contribution < -0.4 is 27.2 Å². The Kier molecular flexibility index (Phi) is 4.79. The minimum Gasteiger partial charge on any atom is -0.365 e. The van der Waals surface area contributed by atoms with E-state index in [-0.39, 0.29) is 9.13 Å². The standard InChI is InChI=1S/C9H8F3IN2O3S/c1-5-2-3-7(6(4-5)8(14)16)13-15-19(17,18)9(10,11)12/h2-4H,1H3,(H2,14,16). The first-order valence-electron chi connectivity index (χ1n) is 4.63. The van der Waals surface area contributed by atoms with E-state index in [0.29, 0.717) is 5.56 Å². The Morgan fingerprint density at radius 2 is 1.95 bits per heavy atom. The molecule has 0 radical (unpaired) electrons. The fraction of sp³-hybridized carbons (Fsp3) is 0.222. The lowest BCUT2D eigenvalue weighted by Crippen LogP contribution is -3.59. The van der Waals surface area contributed by atoms with Crippen LogP contribution in [0.5, 0.6) is 0 Å². The third-order valence-corrected chi connectivity index (χ3v) is 6.34. The maximum atomic E-state index is 12.1. The second-order valence-corrected chi connectivity index (χ2v) is 7.80. The number of alkyl halides is 3. The maximum absolute atomic E-state index is 12.1. The van der Waals surface area contributed by atoms with Gasteiger partial charge in [-0.2, -0.15) is 13.2 Å². The van der Waals surface area contributed by atoms with Gasteiger partial charge < -0.3 is 5.73 Å². The summed E-state index contributed by atoms with van der Waals surface area (Å²) in [5, 5.41) is 0. The number of aryl methyl sites for hydroxylation is 1. The first-order chi connectivity index (χ1) is 8.54. The number of halogens is 4. The van der Waals surface area contributed by atoms with Crippen molar-refractivity contribution in [2.24, 2.45) is 5.73 Å².